The number of rotatable bonds is 8. The van der Waals surface area contributed by atoms with Crippen molar-refractivity contribution in [1.82, 2.24) is 19.8 Å². The van der Waals surface area contributed by atoms with Gasteiger partial charge >= 0.3 is 0 Å². The first-order valence-corrected chi connectivity index (χ1v) is 12.6. The van der Waals surface area contributed by atoms with E-state index in [0.717, 1.165) is 44.3 Å². The Kier molecular flexibility index (Phi) is 6.48. The first kappa shape index (κ1) is 23.4. The van der Waals surface area contributed by atoms with Gasteiger partial charge in [0, 0.05) is 18.9 Å². The number of nitrogens with zero attached hydrogens (tertiary/aromatic N) is 4. The summed E-state index contributed by atoms with van der Waals surface area (Å²) in [5.74, 6) is -0.358. The van der Waals surface area contributed by atoms with Crippen molar-refractivity contribution in [2.75, 3.05) is 13.1 Å². The van der Waals surface area contributed by atoms with Crippen LogP contribution < -0.4 is 0 Å². The molecule has 0 radical (unpaired) electrons. The lowest BCUT2D eigenvalue weighted by Gasteiger charge is -2.45. The quantitative estimate of drug-likeness (QED) is 0.337. The van der Waals surface area contributed by atoms with E-state index in [9.17, 15) is 9.59 Å². The summed E-state index contributed by atoms with van der Waals surface area (Å²) in [6.07, 6.45) is 8.61. The van der Waals surface area contributed by atoms with Gasteiger partial charge in [0.25, 0.3) is 11.8 Å². The van der Waals surface area contributed by atoms with E-state index in [0.29, 0.717) is 17.7 Å². The topological polar surface area (TPSA) is 66.4 Å². The SMILES string of the molecule is CC(C)(c1ccccn1)N(CCCCN1C(=O)c2ccccc2C1=O)C1CCCc2cccnc21. The van der Waals surface area contributed by atoms with Gasteiger partial charge in [-0.2, -0.15) is 0 Å². The van der Waals surface area contributed by atoms with Gasteiger partial charge in [-0.25, -0.2) is 0 Å². The molecule has 2 aliphatic rings. The lowest BCUT2D eigenvalue weighted by molar-refractivity contribution is 0.0468. The van der Waals surface area contributed by atoms with E-state index in [4.69, 9.17) is 9.97 Å². The molecule has 3 aromatic rings. The van der Waals surface area contributed by atoms with Gasteiger partial charge in [0.2, 0.25) is 0 Å². The number of carbonyl (C=O) groups is 2. The molecule has 6 nitrogen and oxygen atoms in total. The largest absolute Gasteiger partial charge is 0.284 e. The zero-order valence-electron chi connectivity index (χ0n) is 20.5. The van der Waals surface area contributed by atoms with Crippen LogP contribution in [0.25, 0.3) is 0 Å². The molecule has 0 fully saturated rings. The lowest BCUT2D eigenvalue weighted by atomic mass is 9.86. The van der Waals surface area contributed by atoms with Crippen molar-refractivity contribution in [1.29, 1.82) is 0 Å². The third kappa shape index (κ3) is 4.39. The Morgan fingerprint density at radius 3 is 2.34 bits per heavy atom. The Morgan fingerprint density at radius 2 is 1.63 bits per heavy atom. The highest BCUT2D eigenvalue weighted by atomic mass is 16.2. The van der Waals surface area contributed by atoms with E-state index in [1.54, 1.807) is 24.3 Å². The summed E-state index contributed by atoms with van der Waals surface area (Å²) in [6.45, 7) is 5.73. The average Bonchev–Trinajstić information content (AvgIpc) is 3.14. The molecular formula is C29H32N4O2. The van der Waals surface area contributed by atoms with E-state index in [1.165, 1.54) is 16.2 Å². The monoisotopic (exact) mass is 468 g/mol. The Morgan fingerprint density at radius 1 is 0.914 bits per heavy atom. The number of hydrogen-bond acceptors (Lipinski definition) is 5. The van der Waals surface area contributed by atoms with Gasteiger partial charge in [-0.15, -0.1) is 0 Å². The van der Waals surface area contributed by atoms with E-state index >= 15 is 0 Å². The summed E-state index contributed by atoms with van der Waals surface area (Å²) < 4.78 is 0. The highest BCUT2D eigenvalue weighted by Gasteiger charge is 2.38. The van der Waals surface area contributed by atoms with E-state index in [-0.39, 0.29) is 23.4 Å². The minimum atomic E-state index is -0.298. The van der Waals surface area contributed by atoms with Gasteiger partial charge in [0.1, 0.15) is 0 Å². The van der Waals surface area contributed by atoms with Crippen LogP contribution in [-0.2, 0) is 12.0 Å². The van der Waals surface area contributed by atoms with Crippen molar-refractivity contribution >= 4 is 11.8 Å². The van der Waals surface area contributed by atoms with Crippen LogP contribution in [-0.4, -0.2) is 44.7 Å². The molecular weight excluding hydrogens is 436 g/mol. The maximum absolute atomic E-state index is 12.7. The van der Waals surface area contributed by atoms with Crippen LogP contribution in [0, 0.1) is 0 Å². The molecule has 2 aromatic heterocycles. The Balaban J connectivity index is 1.33. The molecule has 1 aliphatic heterocycles. The highest BCUT2D eigenvalue weighted by Crippen LogP contribution is 2.40. The fourth-order valence-corrected chi connectivity index (χ4v) is 5.58. The van der Waals surface area contributed by atoms with Crippen LogP contribution in [0.5, 0.6) is 0 Å². The summed E-state index contributed by atoms with van der Waals surface area (Å²) in [7, 11) is 0. The summed E-state index contributed by atoms with van der Waals surface area (Å²) in [4.78, 5) is 38.9. The summed E-state index contributed by atoms with van der Waals surface area (Å²) >= 11 is 0. The summed E-state index contributed by atoms with van der Waals surface area (Å²) in [5.41, 5.74) is 4.26. The van der Waals surface area contributed by atoms with Gasteiger partial charge in [-0.05, 0) is 88.4 Å². The number of carbonyl (C=O) groups excluding carboxylic acids is 2. The fourth-order valence-electron chi connectivity index (χ4n) is 5.58. The highest BCUT2D eigenvalue weighted by molar-refractivity contribution is 6.21. The lowest BCUT2D eigenvalue weighted by Crippen LogP contribution is -2.46. The number of amides is 2. The van der Waals surface area contributed by atoms with E-state index < -0.39 is 0 Å². The van der Waals surface area contributed by atoms with Crippen molar-refractivity contribution in [3.8, 4) is 0 Å². The standard InChI is InChI=1S/C29H32N4O2/c1-29(2,25-16-5-6-17-30-25)33(24-15-9-11-21-12-10-18-31-26(21)24)20-8-7-19-32-27(34)22-13-3-4-14-23(22)28(32)35/h3-6,10,12-14,16-18,24H,7-9,11,15,19-20H2,1-2H3. The predicted molar refractivity (Wildman–Crippen MR) is 135 cm³/mol. The molecule has 0 saturated heterocycles. The Bertz CT molecular complexity index is 1190. The molecule has 3 heterocycles. The Hall–Kier alpha value is -3.38. The third-order valence-electron chi connectivity index (χ3n) is 7.46. The maximum atomic E-state index is 12.7. The van der Waals surface area contributed by atoms with Crippen LogP contribution in [0.3, 0.4) is 0 Å². The number of pyridine rings is 2. The molecule has 1 aliphatic carbocycles. The number of hydrogen-bond donors (Lipinski definition) is 0. The Labute approximate surface area is 207 Å². The van der Waals surface area contributed by atoms with Gasteiger partial charge in [0.05, 0.1) is 34.1 Å². The molecule has 2 amide bonds. The van der Waals surface area contributed by atoms with E-state index in [2.05, 4.69) is 30.9 Å². The zero-order chi connectivity index (χ0) is 24.4. The van der Waals surface area contributed by atoms with E-state index in [1.807, 2.05) is 30.6 Å². The van der Waals surface area contributed by atoms with Gasteiger partial charge < -0.3 is 0 Å². The number of aryl methyl sites for hydroxylation is 1. The number of fused-ring (bicyclic) bond motifs is 2. The smallest absolute Gasteiger partial charge is 0.261 e. The molecule has 5 rings (SSSR count). The molecule has 6 heteroatoms. The van der Waals surface area contributed by atoms with Crippen molar-refractivity contribution < 1.29 is 9.59 Å². The number of aromatic nitrogens is 2. The van der Waals surface area contributed by atoms with Crippen LogP contribution in [0.15, 0.2) is 67.0 Å². The van der Waals surface area contributed by atoms with Gasteiger partial charge in [-0.3, -0.25) is 29.4 Å². The fraction of sp³-hybridized carbons (Fsp3) is 0.379. The van der Waals surface area contributed by atoms with Crippen LogP contribution in [0.4, 0.5) is 0 Å². The third-order valence-corrected chi connectivity index (χ3v) is 7.46. The first-order chi connectivity index (χ1) is 17.0. The molecule has 0 saturated carbocycles. The van der Waals surface area contributed by atoms with Crippen molar-refractivity contribution in [3.63, 3.8) is 0 Å². The second kappa shape index (κ2) is 9.70. The predicted octanol–water partition coefficient (Wildman–Crippen LogP) is 5.17. The zero-order valence-corrected chi connectivity index (χ0v) is 20.5. The van der Waals surface area contributed by atoms with Crippen LogP contribution >= 0.6 is 0 Å². The van der Waals surface area contributed by atoms with Crippen LogP contribution in [0.1, 0.15) is 83.2 Å². The van der Waals surface area contributed by atoms with Gasteiger partial charge in [0.15, 0.2) is 0 Å². The summed E-state index contributed by atoms with van der Waals surface area (Å²) in [5, 5.41) is 0. The molecule has 180 valence electrons. The molecule has 0 spiro atoms. The molecule has 1 aromatic carbocycles. The molecule has 1 atom stereocenters. The minimum absolute atomic E-state index is 0.179. The summed E-state index contributed by atoms with van der Waals surface area (Å²) in [6, 6.07) is 17.6. The second-order valence-corrected chi connectivity index (χ2v) is 9.94. The average molecular weight is 469 g/mol. The van der Waals surface area contributed by atoms with Crippen molar-refractivity contribution in [3.05, 3.63) is 95.1 Å². The normalized spacial score (nSPS) is 17.6. The molecule has 35 heavy (non-hydrogen) atoms. The first-order valence-electron chi connectivity index (χ1n) is 12.6. The van der Waals surface area contributed by atoms with Gasteiger partial charge in [-0.1, -0.05) is 24.3 Å². The number of benzene rings is 1. The number of imide groups is 1. The molecule has 0 N–H and O–H groups in total. The second-order valence-electron chi connectivity index (χ2n) is 9.94. The molecule has 1 unspecified atom stereocenters. The number of unbranched alkanes of at least 4 members (excludes halogenated alkanes) is 1. The molecule has 0 bridgehead atoms. The maximum Gasteiger partial charge on any atom is 0.261 e. The van der Waals surface area contributed by atoms with Crippen molar-refractivity contribution in [2.24, 2.45) is 0 Å². The van der Waals surface area contributed by atoms with Crippen molar-refractivity contribution in [2.45, 2.75) is 57.5 Å². The van der Waals surface area contributed by atoms with Crippen LogP contribution in [0.2, 0.25) is 0 Å². The minimum Gasteiger partial charge on any atom is -0.284 e.